The molecule has 0 aromatic carbocycles. The highest BCUT2D eigenvalue weighted by Gasteiger charge is 2.02. The van der Waals surface area contributed by atoms with Crippen LogP contribution in [0.15, 0.2) is 35.1 Å². The lowest BCUT2D eigenvalue weighted by Crippen LogP contribution is -1.98. The molecule has 0 atom stereocenters. The zero-order chi connectivity index (χ0) is 13.0. The molecule has 0 amide bonds. The van der Waals surface area contributed by atoms with Gasteiger partial charge in [0.15, 0.2) is 0 Å². The standard InChI is InChI=1S/C13H14BrN3O/c1-3-18-12-5-4-11(8-15-12)17-13-9(2)6-10(14)7-16-13/h4-8H,3H2,1-2H3,(H,16,17). The van der Waals surface area contributed by atoms with Gasteiger partial charge in [0.25, 0.3) is 0 Å². The molecule has 0 aliphatic heterocycles. The molecule has 0 aliphatic rings. The van der Waals surface area contributed by atoms with Crippen LogP contribution in [-0.2, 0) is 0 Å². The number of hydrogen-bond acceptors (Lipinski definition) is 4. The smallest absolute Gasteiger partial charge is 0.213 e. The summed E-state index contributed by atoms with van der Waals surface area (Å²) >= 11 is 3.39. The van der Waals surface area contributed by atoms with E-state index in [1.54, 1.807) is 12.4 Å². The molecule has 5 heteroatoms. The number of ether oxygens (including phenoxy) is 1. The van der Waals surface area contributed by atoms with Gasteiger partial charge in [-0.1, -0.05) is 0 Å². The van der Waals surface area contributed by atoms with Gasteiger partial charge in [-0.15, -0.1) is 0 Å². The largest absolute Gasteiger partial charge is 0.478 e. The number of aryl methyl sites for hydroxylation is 1. The zero-order valence-electron chi connectivity index (χ0n) is 10.3. The minimum Gasteiger partial charge on any atom is -0.478 e. The van der Waals surface area contributed by atoms with Crippen molar-refractivity contribution in [3.63, 3.8) is 0 Å². The van der Waals surface area contributed by atoms with Crippen LogP contribution in [0.2, 0.25) is 0 Å². The van der Waals surface area contributed by atoms with E-state index < -0.39 is 0 Å². The summed E-state index contributed by atoms with van der Waals surface area (Å²) in [6, 6.07) is 5.76. The van der Waals surface area contributed by atoms with E-state index in [-0.39, 0.29) is 0 Å². The SMILES string of the molecule is CCOc1ccc(Nc2ncc(Br)cc2C)cn1. The fraction of sp³-hybridized carbons (Fsp3) is 0.231. The van der Waals surface area contributed by atoms with E-state index >= 15 is 0 Å². The minimum atomic E-state index is 0.618. The summed E-state index contributed by atoms with van der Waals surface area (Å²) in [4.78, 5) is 8.50. The number of nitrogens with one attached hydrogen (secondary N) is 1. The fourth-order valence-corrected chi connectivity index (χ4v) is 1.94. The highest BCUT2D eigenvalue weighted by atomic mass is 79.9. The number of anilines is 2. The predicted molar refractivity (Wildman–Crippen MR) is 75.4 cm³/mol. The molecule has 0 bridgehead atoms. The lowest BCUT2D eigenvalue weighted by atomic mass is 10.3. The predicted octanol–water partition coefficient (Wildman–Crippen LogP) is 3.69. The average Bonchev–Trinajstić information content (AvgIpc) is 2.35. The van der Waals surface area contributed by atoms with Crippen LogP contribution in [0, 0.1) is 6.92 Å². The summed E-state index contributed by atoms with van der Waals surface area (Å²) in [6.07, 6.45) is 3.49. The lowest BCUT2D eigenvalue weighted by molar-refractivity contribution is 0.327. The molecule has 18 heavy (non-hydrogen) atoms. The van der Waals surface area contributed by atoms with E-state index in [9.17, 15) is 0 Å². The first-order valence-electron chi connectivity index (χ1n) is 5.67. The summed E-state index contributed by atoms with van der Waals surface area (Å²) in [5.74, 6) is 1.45. The third-order valence-electron chi connectivity index (χ3n) is 2.34. The van der Waals surface area contributed by atoms with E-state index in [1.165, 1.54) is 0 Å². The van der Waals surface area contributed by atoms with E-state index in [0.29, 0.717) is 12.5 Å². The molecule has 0 saturated heterocycles. The van der Waals surface area contributed by atoms with Crippen LogP contribution in [0.1, 0.15) is 12.5 Å². The number of aromatic nitrogens is 2. The van der Waals surface area contributed by atoms with Crippen molar-refractivity contribution in [3.8, 4) is 5.88 Å². The van der Waals surface area contributed by atoms with Crippen molar-refractivity contribution >= 4 is 27.4 Å². The number of pyridine rings is 2. The number of hydrogen-bond donors (Lipinski definition) is 1. The van der Waals surface area contributed by atoms with Crippen molar-refractivity contribution in [1.29, 1.82) is 0 Å². The van der Waals surface area contributed by atoms with Gasteiger partial charge in [-0.05, 0) is 47.5 Å². The van der Waals surface area contributed by atoms with Crippen LogP contribution in [-0.4, -0.2) is 16.6 Å². The van der Waals surface area contributed by atoms with Crippen molar-refractivity contribution in [3.05, 3.63) is 40.6 Å². The average molecular weight is 308 g/mol. The van der Waals surface area contributed by atoms with E-state index in [2.05, 4.69) is 31.2 Å². The maximum atomic E-state index is 5.29. The molecule has 2 heterocycles. The summed E-state index contributed by atoms with van der Waals surface area (Å²) in [7, 11) is 0. The Morgan fingerprint density at radius 3 is 2.72 bits per heavy atom. The molecule has 0 spiro atoms. The summed E-state index contributed by atoms with van der Waals surface area (Å²) in [5, 5.41) is 3.22. The Morgan fingerprint density at radius 1 is 1.28 bits per heavy atom. The van der Waals surface area contributed by atoms with Gasteiger partial charge in [-0.2, -0.15) is 0 Å². The van der Waals surface area contributed by atoms with Crippen molar-refractivity contribution in [2.24, 2.45) is 0 Å². The first-order valence-corrected chi connectivity index (χ1v) is 6.46. The van der Waals surface area contributed by atoms with Gasteiger partial charge >= 0.3 is 0 Å². The van der Waals surface area contributed by atoms with Gasteiger partial charge in [0.2, 0.25) is 5.88 Å². The van der Waals surface area contributed by atoms with Gasteiger partial charge in [0, 0.05) is 16.7 Å². The molecule has 94 valence electrons. The van der Waals surface area contributed by atoms with Gasteiger partial charge in [-0.25, -0.2) is 9.97 Å². The molecule has 0 fully saturated rings. The molecule has 4 nitrogen and oxygen atoms in total. The number of nitrogens with zero attached hydrogens (tertiary/aromatic N) is 2. The normalized spacial score (nSPS) is 10.2. The Kier molecular flexibility index (Phi) is 4.15. The Morgan fingerprint density at radius 2 is 2.11 bits per heavy atom. The van der Waals surface area contributed by atoms with Gasteiger partial charge in [0.1, 0.15) is 5.82 Å². The molecule has 0 aliphatic carbocycles. The maximum absolute atomic E-state index is 5.29. The van der Waals surface area contributed by atoms with Crippen LogP contribution in [0.4, 0.5) is 11.5 Å². The molecular formula is C13H14BrN3O. The number of rotatable bonds is 4. The lowest BCUT2D eigenvalue weighted by Gasteiger charge is -2.09. The van der Waals surface area contributed by atoms with Crippen LogP contribution in [0.5, 0.6) is 5.88 Å². The number of halogens is 1. The van der Waals surface area contributed by atoms with Crippen LogP contribution in [0.25, 0.3) is 0 Å². The van der Waals surface area contributed by atoms with Crippen molar-refractivity contribution in [2.45, 2.75) is 13.8 Å². The molecule has 2 rings (SSSR count). The van der Waals surface area contributed by atoms with Crippen LogP contribution < -0.4 is 10.1 Å². The quantitative estimate of drug-likeness (QED) is 0.936. The Bertz CT molecular complexity index is 528. The second-order valence-corrected chi connectivity index (χ2v) is 4.68. The third kappa shape index (κ3) is 3.20. The van der Waals surface area contributed by atoms with E-state index in [1.807, 2.05) is 32.0 Å². The summed E-state index contributed by atoms with van der Waals surface area (Å²) < 4.78 is 6.26. The van der Waals surface area contributed by atoms with E-state index in [0.717, 1.165) is 21.5 Å². The van der Waals surface area contributed by atoms with Crippen LogP contribution in [0.3, 0.4) is 0 Å². The Hall–Kier alpha value is -1.62. The second-order valence-electron chi connectivity index (χ2n) is 3.76. The highest BCUT2D eigenvalue weighted by molar-refractivity contribution is 9.10. The minimum absolute atomic E-state index is 0.618. The molecule has 1 N–H and O–H groups in total. The Balaban J connectivity index is 2.13. The molecule has 0 radical (unpaired) electrons. The third-order valence-corrected chi connectivity index (χ3v) is 2.77. The fourth-order valence-electron chi connectivity index (χ4n) is 1.50. The molecule has 2 aromatic heterocycles. The van der Waals surface area contributed by atoms with Gasteiger partial charge in [0.05, 0.1) is 18.5 Å². The topological polar surface area (TPSA) is 47.0 Å². The summed E-state index contributed by atoms with van der Waals surface area (Å²) in [5.41, 5.74) is 1.95. The van der Waals surface area contributed by atoms with Gasteiger partial charge < -0.3 is 10.1 Å². The summed E-state index contributed by atoms with van der Waals surface area (Å²) in [6.45, 7) is 4.55. The van der Waals surface area contributed by atoms with E-state index in [4.69, 9.17) is 4.74 Å². The zero-order valence-corrected chi connectivity index (χ0v) is 11.9. The first-order chi connectivity index (χ1) is 8.69. The van der Waals surface area contributed by atoms with Crippen molar-refractivity contribution in [2.75, 3.05) is 11.9 Å². The highest BCUT2D eigenvalue weighted by Crippen LogP contribution is 2.21. The van der Waals surface area contributed by atoms with Gasteiger partial charge in [-0.3, -0.25) is 0 Å². The molecular weight excluding hydrogens is 294 g/mol. The molecule has 0 saturated carbocycles. The van der Waals surface area contributed by atoms with Crippen LogP contribution >= 0.6 is 15.9 Å². The van der Waals surface area contributed by atoms with Crippen molar-refractivity contribution < 1.29 is 4.74 Å². The Labute approximate surface area is 115 Å². The monoisotopic (exact) mass is 307 g/mol. The molecule has 0 unspecified atom stereocenters. The second kappa shape index (κ2) is 5.82. The first kappa shape index (κ1) is 12.8. The van der Waals surface area contributed by atoms with Crippen molar-refractivity contribution in [1.82, 2.24) is 9.97 Å². The molecule has 2 aromatic rings. The maximum Gasteiger partial charge on any atom is 0.213 e.